The van der Waals surface area contributed by atoms with Crippen LogP contribution < -0.4 is 5.32 Å². The molecule has 0 aliphatic heterocycles. The molecule has 0 radical (unpaired) electrons. The van der Waals surface area contributed by atoms with Crippen LogP contribution in [0.25, 0.3) is 0 Å². The highest BCUT2D eigenvalue weighted by atomic mass is 35.5. The first-order valence-corrected chi connectivity index (χ1v) is 3.58. The molecule has 0 fully saturated rings. The molecule has 0 unspecified atom stereocenters. The molecule has 1 aromatic rings. The van der Waals surface area contributed by atoms with E-state index in [0.717, 1.165) is 0 Å². The van der Waals surface area contributed by atoms with Gasteiger partial charge in [0.25, 0.3) is 0 Å². The number of hydrogen-bond acceptors (Lipinski definition) is 3. The molecule has 0 aliphatic carbocycles. The highest BCUT2D eigenvalue weighted by Crippen LogP contribution is 2.16. The zero-order chi connectivity index (χ0) is 8.27. The first kappa shape index (κ1) is 8.30. The second-order valence-corrected chi connectivity index (χ2v) is 2.48. The molecular formula is C7H9ClN2O. The Labute approximate surface area is 70.0 Å². The van der Waals surface area contributed by atoms with Crippen LogP contribution in [0, 0.1) is 0 Å². The van der Waals surface area contributed by atoms with Crippen molar-refractivity contribution in [3.05, 3.63) is 22.8 Å². The van der Waals surface area contributed by atoms with Crippen molar-refractivity contribution >= 4 is 17.4 Å². The third-order valence-corrected chi connectivity index (χ3v) is 1.70. The number of aliphatic hydroxyl groups is 1. The van der Waals surface area contributed by atoms with Crippen LogP contribution in [0.4, 0.5) is 5.82 Å². The standard InChI is InChI=1S/C7H9ClN2O/c1-9-7-2-5(4-11)6(8)3-10-7/h2-3,11H,4H2,1H3,(H,9,10). The lowest BCUT2D eigenvalue weighted by atomic mass is 10.3. The van der Waals surface area contributed by atoms with E-state index in [9.17, 15) is 0 Å². The van der Waals surface area contributed by atoms with Crippen molar-refractivity contribution in [3.63, 3.8) is 0 Å². The molecular weight excluding hydrogens is 164 g/mol. The maximum atomic E-state index is 8.80. The van der Waals surface area contributed by atoms with E-state index in [1.165, 1.54) is 6.20 Å². The number of nitrogens with zero attached hydrogens (tertiary/aromatic N) is 1. The molecule has 4 heteroatoms. The normalized spacial score (nSPS) is 9.73. The van der Waals surface area contributed by atoms with Gasteiger partial charge in [-0.1, -0.05) is 11.6 Å². The number of aromatic nitrogens is 1. The molecule has 1 rings (SSSR count). The molecule has 0 bridgehead atoms. The summed E-state index contributed by atoms with van der Waals surface area (Å²) in [4.78, 5) is 3.95. The molecule has 0 spiro atoms. The highest BCUT2D eigenvalue weighted by molar-refractivity contribution is 6.31. The highest BCUT2D eigenvalue weighted by Gasteiger charge is 1.99. The van der Waals surface area contributed by atoms with E-state index in [4.69, 9.17) is 16.7 Å². The molecule has 0 aromatic carbocycles. The molecule has 0 aliphatic rings. The van der Waals surface area contributed by atoms with Crippen molar-refractivity contribution < 1.29 is 5.11 Å². The lowest BCUT2D eigenvalue weighted by Crippen LogP contribution is -1.94. The Morgan fingerprint density at radius 3 is 3.00 bits per heavy atom. The predicted molar refractivity (Wildman–Crippen MR) is 44.7 cm³/mol. The minimum absolute atomic E-state index is 0.0595. The van der Waals surface area contributed by atoms with Crippen molar-refractivity contribution in [2.45, 2.75) is 6.61 Å². The van der Waals surface area contributed by atoms with Gasteiger partial charge < -0.3 is 10.4 Å². The summed E-state index contributed by atoms with van der Waals surface area (Å²) < 4.78 is 0. The quantitative estimate of drug-likeness (QED) is 0.706. The summed E-state index contributed by atoms with van der Waals surface area (Å²) in [6.45, 7) is -0.0595. The average Bonchev–Trinajstić information content (AvgIpc) is 2.05. The van der Waals surface area contributed by atoms with E-state index in [1.807, 2.05) is 0 Å². The minimum atomic E-state index is -0.0595. The van der Waals surface area contributed by atoms with E-state index < -0.39 is 0 Å². The van der Waals surface area contributed by atoms with Gasteiger partial charge >= 0.3 is 0 Å². The van der Waals surface area contributed by atoms with Crippen LogP contribution in [-0.4, -0.2) is 17.1 Å². The van der Waals surface area contributed by atoms with Crippen LogP contribution in [0.15, 0.2) is 12.3 Å². The zero-order valence-corrected chi connectivity index (χ0v) is 6.89. The lowest BCUT2D eigenvalue weighted by molar-refractivity contribution is 0.282. The molecule has 0 saturated carbocycles. The Kier molecular flexibility index (Phi) is 2.68. The van der Waals surface area contributed by atoms with Gasteiger partial charge in [-0.15, -0.1) is 0 Å². The molecule has 0 amide bonds. The maximum Gasteiger partial charge on any atom is 0.126 e. The van der Waals surface area contributed by atoms with E-state index in [1.54, 1.807) is 13.1 Å². The molecule has 0 atom stereocenters. The Morgan fingerprint density at radius 1 is 1.73 bits per heavy atom. The smallest absolute Gasteiger partial charge is 0.126 e. The summed E-state index contributed by atoms with van der Waals surface area (Å²) in [5.41, 5.74) is 0.686. The fourth-order valence-electron chi connectivity index (χ4n) is 0.738. The second kappa shape index (κ2) is 3.55. The van der Waals surface area contributed by atoms with Crippen LogP contribution in [0.3, 0.4) is 0 Å². The summed E-state index contributed by atoms with van der Waals surface area (Å²) in [6, 6.07) is 1.71. The molecule has 60 valence electrons. The van der Waals surface area contributed by atoms with Gasteiger partial charge in [0.05, 0.1) is 11.6 Å². The molecule has 2 N–H and O–H groups in total. The van der Waals surface area contributed by atoms with Gasteiger partial charge in [0, 0.05) is 18.8 Å². The van der Waals surface area contributed by atoms with Crippen molar-refractivity contribution in [2.75, 3.05) is 12.4 Å². The fourth-order valence-corrected chi connectivity index (χ4v) is 0.901. The van der Waals surface area contributed by atoms with Crippen LogP contribution in [0.5, 0.6) is 0 Å². The Hall–Kier alpha value is -0.800. The lowest BCUT2D eigenvalue weighted by Gasteiger charge is -2.02. The fraction of sp³-hybridized carbons (Fsp3) is 0.286. The van der Waals surface area contributed by atoms with Gasteiger partial charge in [-0.3, -0.25) is 0 Å². The summed E-state index contributed by atoms with van der Waals surface area (Å²) in [7, 11) is 1.76. The van der Waals surface area contributed by atoms with Gasteiger partial charge in [0.1, 0.15) is 5.82 Å². The first-order valence-electron chi connectivity index (χ1n) is 3.21. The van der Waals surface area contributed by atoms with Crippen LogP contribution in [-0.2, 0) is 6.61 Å². The van der Waals surface area contributed by atoms with Gasteiger partial charge in [-0.05, 0) is 6.07 Å². The number of halogens is 1. The number of rotatable bonds is 2. The van der Waals surface area contributed by atoms with Gasteiger partial charge in [-0.2, -0.15) is 0 Å². The number of anilines is 1. The maximum absolute atomic E-state index is 8.80. The molecule has 0 saturated heterocycles. The average molecular weight is 173 g/mol. The summed E-state index contributed by atoms with van der Waals surface area (Å²) in [6.07, 6.45) is 1.51. The van der Waals surface area contributed by atoms with E-state index in [2.05, 4.69) is 10.3 Å². The Balaban J connectivity index is 3.02. The van der Waals surface area contributed by atoms with Crippen LogP contribution in [0.2, 0.25) is 5.02 Å². The molecule has 11 heavy (non-hydrogen) atoms. The number of aliphatic hydroxyl groups excluding tert-OH is 1. The van der Waals surface area contributed by atoms with E-state index in [0.29, 0.717) is 16.4 Å². The number of pyridine rings is 1. The SMILES string of the molecule is CNc1cc(CO)c(Cl)cn1. The zero-order valence-electron chi connectivity index (χ0n) is 6.13. The largest absolute Gasteiger partial charge is 0.392 e. The Morgan fingerprint density at radius 2 is 2.45 bits per heavy atom. The second-order valence-electron chi connectivity index (χ2n) is 2.07. The number of nitrogens with one attached hydrogen (secondary N) is 1. The summed E-state index contributed by atoms with van der Waals surface area (Å²) in [5, 5.41) is 12.1. The molecule has 3 nitrogen and oxygen atoms in total. The van der Waals surface area contributed by atoms with Crippen LogP contribution >= 0.6 is 11.6 Å². The predicted octanol–water partition coefficient (Wildman–Crippen LogP) is 1.27. The van der Waals surface area contributed by atoms with Gasteiger partial charge in [0.2, 0.25) is 0 Å². The molecule has 1 heterocycles. The minimum Gasteiger partial charge on any atom is -0.392 e. The topological polar surface area (TPSA) is 45.1 Å². The number of hydrogen-bond donors (Lipinski definition) is 2. The monoisotopic (exact) mass is 172 g/mol. The molecule has 1 aromatic heterocycles. The summed E-state index contributed by atoms with van der Waals surface area (Å²) in [5.74, 6) is 0.707. The van der Waals surface area contributed by atoms with Crippen molar-refractivity contribution in [1.29, 1.82) is 0 Å². The third kappa shape index (κ3) is 1.82. The van der Waals surface area contributed by atoms with Crippen molar-refractivity contribution in [1.82, 2.24) is 4.98 Å². The third-order valence-electron chi connectivity index (χ3n) is 1.36. The Bertz CT molecular complexity index is 252. The van der Waals surface area contributed by atoms with Crippen LogP contribution in [0.1, 0.15) is 5.56 Å². The van der Waals surface area contributed by atoms with Gasteiger partial charge in [-0.25, -0.2) is 4.98 Å². The van der Waals surface area contributed by atoms with E-state index in [-0.39, 0.29) is 6.61 Å². The van der Waals surface area contributed by atoms with E-state index >= 15 is 0 Å². The van der Waals surface area contributed by atoms with Crippen molar-refractivity contribution in [3.8, 4) is 0 Å². The van der Waals surface area contributed by atoms with Crippen molar-refractivity contribution in [2.24, 2.45) is 0 Å². The first-order chi connectivity index (χ1) is 5.27. The summed E-state index contributed by atoms with van der Waals surface area (Å²) >= 11 is 5.70. The van der Waals surface area contributed by atoms with Gasteiger partial charge in [0.15, 0.2) is 0 Å².